The second-order valence-electron chi connectivity index (χ2n) is 9.59. The molecule has 6 heteroatoms. The van der Waals surface area contributed by atoms with Crippen LogP contribution in [0.2, 0.25) is 0 Å². The molecule has 0 aliphatic carbocycles. The van der Waals surface area contributed by atoms with Crippen LogP contribution in [0, 0.1) is 22.2 Å². The lowest BCUT2D eigenvalue weighted by atomic mass is 9.46. The Kier molecular flexibility index (Phi) is 7.84. The number of carbonyl (C=O) groups is 1. The summed E-state index contributed by atoms with van der Waals surface area (Å²) < 4.78 is 16.7. The largest absolute Gasteiger partial charge is 0.496 e. The molecule has 0 aliphatic rings. The van der Waals surface area contributed by atoms with Crippen LogP contribution in [0.5, 0.6) is 5.75 Å². The zero-order chi connectivity index (χ0) is 25.7. The van der Waals surface area contributed by atoms with Crippen molar-refractivity contribution >= 4 is 16.7 Å². The summed E-state index contributed by atoms with van der Waals surface area (Å²) in [4.78, 5) is 13.3. The minimum Gasteiger partial charge on any atom is -0.496 e. The molecule has 184 valence electrons. The fourth-order valence-corrected chi connectivity index (χ4v) is 5.42. The average Bonchev–Trinajstić information content (AvgIpc) is 2.85. The van der Waals surface area contributed by atoms with Crippen LogP contribution >= 0.6 is 0 Å². The smallest absolute Gasteiger partial charge is 0.327 e. The summed E-state index contributed by atoms with van der Waals surface area (Å²) in [6.45, 7) is 6.00. The van der Waals surface area contributed by atoms with Gasteiger partial charge < -0.3 is 19.3 Å². The number of aliphatic carboxylic acids is 1. The van der Waals surface area contributed by atoms with Crippen LogP contribution in [0.15, 0.2) is 66.7 Å². The van der Waals surface area contributed by atoms with Crippen molar-refractivity contribution in [2.24, 2.45) is 10.8 Å². The topological polar surface area (TPSA) is 88.8 Å². The van der Waals surface area contributed by atoms with E-state index in [1.54, 1.807) is 20.3 Å². The number of fused-ring (bicyclic) bond motifs is 1. The Bertz CT molecular complexity index is 1220. The number of benzene rings is 3. The molecule has 35 heavy (non-hydrogen) atoms. The van der Waals surface area contributed by atoms with E-state index in [-0.39, 0.29) is 19.8 Å². The second kappa shape index (κ2) is 10.5. The van der Waals surface area contributed by atoms with Crippen molar-refractivity contribution in [2.45, 2.75) is 26.2 Å². The van der Waals surface area contributed by atoms with E-state index in [1.165, 1.54) is 0 Å². The number of carboxylic acid groups (broad SMARTS) is 1. The molecule has 3 aromatic carbocycles. The fourth-order valence-electron chi connectivity index (χ4n) is 5.42. The number of rotatable bonds is 10. The first-order valence-electron chi connectivity index (χ1n) is 11.5. The third kappa shape index (κ3) is 4.27. The molecule has 0 heterocycles. The molecule has 0 aromatic heterocycles. The van der Waals surface area contributed by atoms with E-state index in [9.17, 15) is 15.2 Å². The van der Waals surface area contributed by atoms with Crippen molar-refractivity contribution < 1.29 is 24.1 Å². The summed E-state index contributed by atoms with van der Waals surface area (Å²) in [6, 6.07) is 23.2. The van der Waals surface area contributed by atoms with Gasteiger partial charge in [-0.05, 0) is 27.8 Å². The molecule has 6 nitrogen and oxygen atoms in total. The van der Waals surface area contributed by atoms with Crippen LogP contribution in [0.1, 0.15) is 31.9 Å². The van der Waals surface area contributed by atoms with Gasteiger partial charge in [0.15, 0.2) is 5.41 Å². The number of ether oxygens (including phenoxy) is 3. The molecular weight excluding hydrogens is 442 g/mol. The Morgan fingerprint density at radius 3 is 2.17 bits per heavy atom. The van der Waals surface area contributed by atoms with Gasteiger partial charge in [-0.3, -0.25) is 4.79 Å². The number of hydrogen-bond donors (Lipinski definition) is 1. The monoisotopic (exact) mass is 475 g/mol. The number of nitriles is 1. The first-order chi connectivity index (χ1) is 16.7. The van der Waals surface area contributed by atoms with Crippen molar-refractivity contribution in [3.05, 3.63) is 77.9 Å². The summed E-state index contributed by atoms with van der Waals surface area (Å²) in [7, 11) is 3.10. The molecule has 0 aliphatic heterocycles. The number of para-hydroxylation sites is 1. The molecule has 1 N–H and O–H groups in total. The summed E-state index contributed by atoms with van der Waals surface area (Å²) in [5, 5.41) is 23.5. The zero-order valence-electron chi connectivity index (χ0n) is 21.0. The minimum atomic E-state index is -2.00. The summed E-state index contributed by atoms with van der Waals surface area (Å²) in [5.41, 5.74) is -2.80. The molecule has 0 spiro atoms. The molecule has 2 atom stereocenters. The van der Waals surface area contributed by atoms with Crippen molar-refractivity contribution in [2.75, 3.05) is 34.0 Å². The third-order valence-corrected chi connectivity index (χ3v) is 6.78. The zero-order valence-corrected chi connectivity index (χ0v) is 21.0. The predicted molar refractivity (Wildman–Crippen MR) is 136 cm³/mol. The highest BCUT2D eigenvalue weighted by molar-refractivity contribution is 5.91. The first kappa shape index (κ1) is 26.2. The van der Waals surface area contributed by atoms with Gasteiger partial charge in [0, 0.05) is 12.7 Å². The Morgan fingerprint density at radius 2 is 1.54 bits per heavy atom. The van der Waals surface area contributed by atoms with E-state index < -0.39 is 22.2 Å². The molecule has 2 unspecified atom stereocenters. The molecule has 0 fully saturated rings. The number of methoxy groups -OCH3 is 2. The molecule has 0 amide bonds. The first-order valence-corrected chi connectivity index (χ1v) is 11.5. The Labute approximate surface area is 207 Å². The van der Waals surface area contributed by atoms with Crippen molar-refractivity contribution in [1.82, 2.24) is 0 Å². The minimum absolute atomic E-state index is 0.162. The molecule has 3 rings (SSSR count). The van der Waals surface area contributed by atoms with E-state index in [0.29, 0.717) is 11.3 Å². The van der Waals surface area contributed by atoms with Crippen LogP contribution in [-0.2, 0) is 19.7 Å². The molecule has 3 aromatic rings. The van der Waals surface area contributed by atoms with Gasteiger partial charge in [-0.25, -0.2) is 0 Å². The maximum Gasteiger partial charge on any atom is 0.327 e. The van der Waals surface area contributed by atoms with E-state index >= 15 is 0 Å². The van der Waals surface area contributed by atoms with E-state index in [0.717, 1.165) is 16.3 Å². The van der Waals surface area contributed by atoms with Gasteiger partial charge in [0.25, 0.3) is 0 Å². The lowest BCUT2D eigenvalue weighted by molar-refractivity contribution is -0.156. The van der Waals surface area contributed by atoms with E-state index in [1.807, 2.05) is 81.4 Å². The highest BCUT2D eigenvalue weighted by Crippen LogP contribution is 2.61. The molecule has 0 radical (unpaired) electrons. The Hall–Kier alpha value is -3.40. The predicted octanol–water partition coefficient (Wildman–Crippen LogP) is 5.44. The lowest BCUT2D eigenvalue weighted by Gasteiger charge is -2.53. The lowest BCUT2D eigenvalue weighted by Crippen LogP contribution is -2.60. The Morgan fingerprint density at radius 1 is 0.914 bits per heavy atom. The highest BCUT2D eigenvalue weighted by atomic mass is 16.5. The van der Waals surface area contributed by atoms with Crippen molar-refractivity contribution in [1.29, 1.82) is 5.26 Å². The van der Waals surface area contributed by atoms with Crippen LogP contribution < -0.4 is 4.74 Å². The second-order valence-corrected chi connectivity index (χ2v) is 9.59. The standard InChI is InChI=1S/C29H33NO5/c1-27(2,3)29(24-14-8-9-16-25(24)34-5,23-15-10-12-21-11-6-7-13-22(21)23)28(19-30,26(31)32)20-35-18-17-33-4/h6-16H,17-18,20H2,1-5H3,(H,31,32). The molecule has 0 bridgehead atoms. The fraction of sp³-hybridized carbons (Fsp3) is 0.379. The molecular formula is C29H33NO5. The number of carboxylic acids is 1. The highest BCUT2D eigenvalue weighted by Gasteiger charge is 2.66. The quantitative estimate of drug-likeness (QED) is 0.393. The van der Waals surface area contributed by atoms with Gasteiger partial charge in [-0.2, -0.15) is 5.26 Å². The van der Waals surface area contributed by atoms with Crippen LogP contribution in [-0.4, -0.2) is 45.1 Å². The average molecular weight is 476 g/mol. The maximum atomic E-state index is 13.3. The van der Waals surface area contributed by atoms with E-state index in [4.69, 9.17) is 14.2 Å². The van der Waals surface area contributed by atoms with Gasteiger partial charge in [0.05, 0.1) is 38.4 Å². The van der Waals surface area contributed by atoms with Gasteiger partial charge in [-0.15, -0.1) is 0 Å². The van der Waals surface area contributed by atoms with Gasteiger partial charge in [-0.1, -0.05) is 81.4 Å². The maximum absolute atomic E-state index is 13.3. The number of hydrogen-bond acceptors (Lipinski definition) is 5. The number of nitrogens with zero attached hydrogens (tertiary/aromatic N) is 1. The van der Waals surface area contributed by atoms with Crippen molar-refractivity contribution in [3.8, 4) is 11.8 Å². The Balaban J connectivity index is 2.57. The van der Waals surface area contributed by atoms with Gasteiger partial charge in [0.1, 0.15) is 5.75 Å². The molecule has 0 saturated heterocycles. The van der Waals surface area contributed by atoms with Crippen LogP contribution in [0.25, 0.3) is 10.8 Å². The SMILES string of the molecule is COCCOCC(C#N)(C(=O)O)C(c1ccccc1OC)(c1cccc2ccccc12)C(C)(C)C. The third-order valence-electron chi connectivity index (χ3n) is 6.78. The normalized spacial score (nSPS) is 15.1. The van der Waals surface area contributed by atoms with Crippen LogP contribution in [0.4, 0.5) is 0 Å². The van der Waals surface area contributed by atoms with Gasteiger partial charge in [0.2, 0.25) is 0 Å². The van der Waals surface area contributed by atoms with Gasteiger partial charge >= 0.3 is 5.97 Å². The molecule has 0 saturated carbocycles. The summed E-state index contributed by atoms with van der Waals surface area (Å²) >= 11 is 0. The van der Waals surface area contributed by atoms with E-state index in [2.05, 4.69) is 6.07 Å². The van der Waals surface area contributed by atoms with Crippen LogP contribution in [0.3, 0.4) is 0 Å². The summed E-state index contributed by atoms with van der Waals surface area (Å²) in [6.07, 6.45) is 0. The van der Waals surface area contributed by atoms with Crippen molar-refractivity contribution in [3.63, 3.8) is 0 Å². The summed E-state index contributed by atoms with van der Waals surface area (Å²) in [5.74, 6) is -0.751.